The highest BCUT2D eigenvalue weighted by Gasteiger charge is 2.15. The summed E-state index contributed by atoms with van der Waals surface area (Å²) in [4.78, 5) is 0. The maximum absolute atomic E-state index is 5.48. The zero-order valence-electron chi connectivity index (χ0n) is 7.82. The first-order chi connectivity index (χ1) is 6.93. The van der Waals surface area contributed by atoms with E-state index in [4.69, 9.17) is 9.47 Å². The molecule has 2 aliphatic rings. The molecule has 0 saturated carbocycles. The van der Waals surface area contributed by atoms with E-state index in [1.165, 1.54) is 11.1 Å². The molecule has 0 N–H and O–H groups in total. The predicted molar refractivity (Wildman–Crippen MR) is 54.2 cm³/mol. The second kappa shape index (κ2) is 3.05. The van der Waals surface area contributed by atoms with Gasteiger partial charge in [-0.3, -0.25) is 0 Å². The summed E-state index contributed by atoms with van der Waals surface area (Å²) in [5, 5.41) is 0. The van der Waals surface area contributed by atoms with E-state index >= 15 is 0 Å². The molecule has 1 aliphatic heterocycles. The second-order valence-corrected chi connectivity index (χ2v) is 3.53. The summed E-state index contributed by atoms with van der Waals surface area (Å²) in [6.07, 6.45) is 6.57. The van der Waals surface area contributed by atoms with Crippen molar-refractivity contribution in [3.8, 4) is 11.5 Å². The Morgan fingerprint density at radius 3 is 3.14 bits per heavy atom. The smallest absolute Gasteiger partial charge is 0.173 e. The number of fused-ring (bicyclic) bond motifs is 2. The van der Waals surface area contributed by atoms with Gasteiger partial charge in [-0.15, -0.1) is 0 Å². The van der Waals surface area contributed by atoms with Crippen LogP contribution in [-0.2, 0) is 6.42 Å². The van der Waals surface area contributed by atoms with E-state index in [0.717, 1.165) is 24.3 Å². The Morgan fingerprint density at radius 1 is 1.14 bits per heavy atom. The predicted octanol–water partition coefficient (Wildman–Crippen LogP) is 2.58. The lowest BCUT2D eigenvalue weighted by atomic mass is 9.97. The molecule has 0 unspecified atom stereocenters. The van der Waals surface area contributed by atoms with E-state index in [0.29, 0.717) is 6.61 Å². The van der Waals surface area contributed by atoms with Crippen LogP contribution in [0.4, 0.5) is 0 Å². The van der Waals surface area contributed by atoms with Crippen molar-refractivity contribution in [3.63, 3.8) is 0 Å². The average Bonchev–Trinajstić information content (AvgIpc) is 2.26. The van der Waals surface area contributed by atoms with Crippen LogP contribution in [-0.4, -0.2) is 6.61 Å². The van der Waals surface area contributed by atoms with Gasteiger partial charge >= 0.3 is 0 Å². The molecule has 0 spiro atoms. The van der Waals surface area contributed by atoms with Crippen molar-refractivity contribution in [3.05, 3.63) is 35.9 Å². The molecule has 14 heavy (non-hydrogen) atoms. The Labute approximate surface area is 83.1 Å². The fourth-order valence-corrected chi connectivity index (χ4v) is 1.89. The zero-order chi connectivity index (χ0) is 9.38. The van der Waals surface area contributed by atoms with Crippen LogP contribution < -0.4 is 9.47 Å². The molecule has 0 atom stereocenters. The maximum Gasteiger partial charge on any atom is 0.173 e. The molecule has 71 valence electrons. The van der Waals surface area contributed by atoms with Crippen LogP contribution in [0.2, 0.25) is 0 Å². The van der Waals surface area contributed by atoms with Crippen molar-refractivity contribution >= 4 is 6.08 Å². The molecule has 1 aliphatic carbocycles. The van der Waals surface area contributed by atoms with Crippen LogP contribution in [0, 0.1) is 6.61 Å². The molecule has 0 saturated heterocycles. The molecule has 0 aromatic heterocycles. The van der Waals surface area contributed by atoms with Gasteiger partial charge in [-0.1, -0.05) is 12.2 Å². The molecule has 1 heterocycles. The van der Waals surface area contributed by atoms with Gasteiger partial charge in [-0.25, -0.2) is 0 Å². The summed E-state index contributed by atoms with van der Waals surface area (Å²) in [6.45, 7) is 2.23. The normalized spacial score (nSPS) is 17.7. The molecule has 1 aromatic rings. The Hall–Kier alpha value is -1.44. The minimum atomic E-state index is 0.537. The maximum atomic E-state index is 5.48. The van der Waals surface area contributed by atoms with Gasteiger partial charge in [0.15, 0.2) is 18.1 Å². The molecule has 2 nitrogen and oxygen atoms in total. The molecule has 3 rings (SSSR count). The Kier molecular flexibility index (Phi) is 1.72. The third kappa shape index (κ3) is 1.18. The van der Waals surface area contributed by atoms with E-state index in [2.05, 4.69) is 24.3 Å². The molecule has 0 bridgehead atoms. The van der Waals surface area contributed by atoms with E-state index in [9.17, 15) is 0 Å². The molecule has 0 amide bonds. The van der Waals surface area contributed by atoms with Gasteiger partial charge in [0, 0.05) is 0 Å². The van der Waals surface area contributed by atoms with Gasteiger partial charge < -0.3 is 9.47 Å². The fraction of sp³-hybridized carbons (Fsp3) is 0.250. The number of hydrogen-bond acceptors (Lipinski definition) is 2. The quantitative estimate of drug-likeness (QED) is 0.621. The second-order valence-electron chi connectivity index (χ2n) is 3.53. The highest BCUT2D eigenvalue weighted by Crippen LogP contribution is 2.36. The highest BCUT2D eigenvalue weighted by molar-refractivity contribution is 5.62. The summed E-state index contributed by atoms with van der Waals surface area (Å²) in [5.41, 5.74) is 2.62. The van der Waals surface area contributed by atoms with Crippen molar-refractivity contribution in [2.24, 2.45) is 0 Å². The third-order valence-corrected chi connectivity index (χ3v) is 2.60. The number of hydrogen-bond donors (Lipinski definition) is 0. The van der Waals surface area contributed by atoms with E-state index < -0.39 is 0 Å². The SMILES string of the molecule is [CH]1COc2cc3c(cc2O1)CCC=C3. The Balaban J connectivity index is 2.12. The Morgan fingerprint density at radius 2 is 2.14 bits per heavy atom. The number of ether oxygens (including phenoxy) is 2. The molecule has 1 aromatic carbocycles. The molecular formula is C12H11O2. The first-order valence-electron chi connectivity index (χ1n) is 4.88. The van der Waals surface area contributed by atoms with Crippen LogP contribution in [0.5, 0.6) is 11.5 Å². The van der Waals surface area contributed by atoms with Crippen molar-refractivity contribution < 1.29 is 9.47 Å². The van der Waals surface area contributed by atoms with Crippen molar-refractivity contribution in [2.45, 2.75) is 12.8 Å². The molecule has 2 heteroatoms. The first kappa shape index (κ1) is 7.92. The van der Waals surface area contributed by atoms with E-state index in [-0.39, 0.29) is 0 Å². The zero-order valence-corrected chi connectivity index (χ0v) is 7.82. The lowest BCUT2D eigenvalue weighted by molar-refractivity contribution is 0.223. The molecule has 1 radical (unpaired) electrons. The van der Waals surface area contributed by atoms with Crippen LogP contribution >= 0.6 is 0 Å². The molecular weight excluding hydrogens is 176 g/mol. The number of aryl methyl sites for hydroxylation is 1. The van der Waals surface area contributed by atoms with Gasteiger partial charge in [-0.05, 0) is 36.1 Å². The van der Waals surface area contributed by atoms with Crippen LogP contribution in [0.3, 0.4) is 0 Å². The van der Waals surface area contributed by atoms with Gasteiger partial charge in [0.2, 0.25) is 0 Å². The van der Waals surface area contributed by atoms with Crippen molar-refractivity contribution in [1.29, 1.82) is 0 Å². The average molecular weight is 187 g/mol. The fourth-order valence-electron chi connectivity index (χ4n) is 1.89. The monoisotopic (exact) mass is 187 g/mol. The lowest BCUT2D eigenvalue weighted by Crippen LogP contribution is -2.11. The summed E-state index contributed by atoms with van der Waals surface area (Å²) in [5.74, 6) is 1.71. The summed E-state index contributed by atoms with van der Waals surface area (Å²) in [7, 11) is 0. The lowest BCUT2D eigenvalue weighted by Gasteiger charge is -2.20. The standard InChI is InChI=1S/C12H11O2/c1-2-4-10-8-12-11(7-9(10)3-1)13-5-6-14-12/h1,3,6-8H,2,4-5H2. The summed E-state index contributed by atoms with van der Waals surface area (Å²) >= 11 is 0. The number of rotatable bonds is 0. The van der Waals surface area contributed by atoms with Crippen LogP contribution in [0.1, 0.15) is 17.5 Å². The minimum Gasteiger partial charge on any atom is -0.486 e. The van der Waals surface area contributed by atoms with Crippen LogP contribution in [0.25, 0.3) is 6.08 Å². The topological polar surface area (TPSA) is 18.5 Å². The van der Waals surface area contributed by atoms with Gasteiger partial charge in [-0.2, -0.15) is 0 Å². The molecule has 0 fully saturated rings. The highest BCUT2D eigenvalue weighted by atomic mass is 16.6. The van der Waals surface area contributed by atoms with Gasteiger partial charge in [0.05, 0.1) is 0 Å². The largest absolute Gasteiger partial charge is 0.486 e. The van der Waals surface area contributed by atoms with Gasteiger partial charge in [0.1, 0.15) is 6.61 Å². The number of benzene rings is 1. The van der Waals surface area contributed by atoms with Crippen molar-refractivity contribution in [2.75, 3.05) is 6.61 Å². The number of allylic oxidation sites excluding steroid dienone is 1. The van der Waals surface area contributed by atoms with E-state index in [1.807, 2.05) is 0 Å². The van der Waals surface area contributed by atoms with Gasteiger partial charge in [0.25, 0.3) is 0 Å². The first-order valence-corrected chi connectivity index (χ1v) is 4.88. The summed E-state index contributed by atoms with van der Waals surface area (Å²) < 4.78 is 10.9. The summed E-state index contributed by atoms with van der Waals surface area (Å²) in [6, 6.07) is 4.15. The minimum absolute atomic E-state index is 0.537. The van der Waals surface area contributed by atoms with E-state index in [1.54, 1.807) is 6.61 Å². The van der Waals surface area contributed by atoms with Crippen molar-refractivity contribution in [1.82, 2.24) is 0 Å². The third-order valence-electron chi connectivity index (χ3n) is 2.60. The van der Waals surface area contributed by atoms with Crippen LogP contribution in [0.15, 0.2) is 18.2 Å². The Bertz CT molecular complexity index is 394.